The summed E-state index contributed by atoms with van der Waals surface area (Å²) in [6, 6.07) is 13.8. The zero-order chi connectivity index (χ0) is 23.5. The summed E-state index contributed by atoms with van der Waals surface area (Å²) in [5.41, 5.74) is 3.89. The van der Waals surface area contributed by atoms with Gasteiger partial charge in [0, 0.05) is 43.3 Å². The summed E-state index contributed by atoms with van der Waals surface area (Å²) in [6.45, 7) is 9.79. The van der Waals surface area contributed by atoms with Gasteiger partial charge in [-0.2, -0.15) is 0 Å². The Morgan fingerprint density at radius 1 is 1.09 bits per heavy atom. The van der Waals surface area contributed by atoms with E-state index in [9.17, 15) is 9.18 Å². The number of carbonyl (C=O) groups is 1. The van der Waals surface area contributed by atoms with Crippen LogP contribution in [-0.2, 0) is 6.54 Å². The van der Waals surface area contributed by atoms with Gasteiger partial charge in [-0.05, 0) is 63.7 Å². The maximum atomic E-state index is 13.6. The van der Waals surface area contributed by atoms with E-state index in [-0.39, 0.29) is 17.8 Å². The lowest BCUT2D eigenvalue weighted by atomic mass is 10.0. The summed E-state index contributed by atoms with van der Waals surface area (Å²) < 4.78 is 19.4. The van der Waals surface area contributed by atoms with Crippen LogP contribution in [0.3, 0.4) is 0 Å². The smallest absolute Gasteiger partial charge is 0.254 e. The molecule has 0 aliphatic carbocycles. The molecule has 0 unspecified atom stereocenters. The largest absolute Gasteiger partial charge is 0.338 e. The first-order chi connectivity index (χ1) is 15.8. The molecule has 6 nitrogen and oxygen atoms in total. The molecular weight excluding hydrogens is 419 g/mol. The van der Waals surface area contributed by atoms with Crippen LogP contribution in [0.5, 0.6) is 0 Å². The quantitative estimate of drug-likeness (QED) is 0.550. The van der Waals surface area contributed by atoms with Crippen molar-refractivity contribution in [2.24, 2.45) is 0 Å². The fraction of sp³-hybridized carbons (Fsp3) is 0.385. The van der Waals surface area contributed by atoms with E-state index in [1.807, 2.05) is 49.9 Å². The molecular formula is C26H31FN4O2. The van der Waals surface area contributed by atoms with Gasteiger partial charge < -0.3 is 19.2 Å². The highest BCUT2D eigenvalue weighted by Gasteiger charge is 2.29. The average molecular weight is 451 g/mol. The first-order valence-corrected chi connectivity index (χ1v) is 11.4. The Morgan fingerprint density at radius 3 is 2.39 bits per heavy atom. The van der Waals surface area contributed by atoms with Gasteiger partial charge in [-0.3, -0.25) is 4.79 Å². The van der Waals surface area contributed by atoms with Gasteiger partial charge >= 0.3 is 0 Å². The van der Waals surface area contributed by atoms with Crippen LogP contribution in [0, 0.1) is 12.7 Å². The highest BCUT2D eigenvalue weighted by molar-refractivity contribution is 5.96. The second kappa shape index (κ2) is 9.75. The third kappa shape index (κ3) is 4.93. The van der Waals surface area contributed by atoms with Crippen molar-refractivity contribution in [3.8, 4) is 11.3 Å². The SMILES string of the molecule is Cc1ccccc1C(=O)N(Cc1c(-c2ccc(F)cc2)noc1N1CCN(C)CC1)C(C)C. The van der Waals surface area contributed by atoms with E-state index in [2.05, 4.69) is 22.0 Å². The number of likely N-dealkylation sites (N-methyl/N-ethyl adjacent to an activating group) is 1. The Balaban J connectivity index is 1.74. The Labute approximate surface area is 194 Å². The number of nitrogens with zero attached hydrogens (tertiary/aromatic N) is 4. The van der Waals surface area contributed by atoms with Crippen LogP contribution >= 0.6 is 0 Å². The molecule has 1 fully saturated rings. The molecule has 174 valence electrons. The second-order valence-corrected chi connectivity index (χ2v) is 8.95. The normalized spacial score (nSPS) is 14.7. The molecule has 1 saturated heterocycles. The van der Waals surface area contributed by atoms with Crippen molar-refractivity contribution in [3.05, 3.63) is 71.0 Å². The van der Waals surface area contributed by atoms with Crippen molar-refractivity contribution in [2.75, 3.05) is 38.1 Å². The molecule has 1 aliphatic rings. The van der Waals surface area contributed by atoms with Crippen LogP contribution in [0.4, 0.5) is 10.3 Å². The van der Waals surface area contributed by atoms with E-state index in [0.717, 1.165) is 42.9 Å². The standard InChI is InChI=1S/C26H31FN4O2/c1-18(2)31(25(32)22-8-6-5-7-19(22)3)17-23-24(20-9-11-21(27)12-10-20)28-33-26(23)30-15-13-29(4)14-16-30/h5-12,18H,13-17H2,1-4H3. The monoisotopic (exact) mass is 450 g/mol. The summed E-state index contributed by atoms with van der Waals surface area (Å²) in [7, 11) is 2.10. The minimum absolute atomic E-state index is 0.0290. The van der Waals surface area contributed by atoms with Crippen LogP contribution in [-0.4, -0.2) is 60.1 Å². The summed E-state index contributed by atoms with van der Waals surface area (Å²) in [4.78, 5) is 19.9. The second-order valence-electron chi connectivity index (χ2n) is 8.95. The van der Waals surface area contributed by atoms with Gasteiger partial charge in [0.25, 0.3) is 5.91 Å². The summed E-state index contributed by atoms with van der Waals surface area (Å²) in [5, 5.41) is 4.38. The Morgan fingerprint density at radius 2 is 1.76 bits per heavy atom. The molecule has 0 radical (unpaired) electrons. The highest BCUT2D eigenvalue weighted by Crippen LogP contribution is 2.34. The van der Waals surface area contributed by atoms with Crippen molar-refractivity contribution in [1.82, 2.24) is 15.0 Å². The number of amides is 1. The number of anilines is 1. The summed E-state index contributed by atoms with van der Waals surface area (Å²) in [6.07, 6.45) is 0. The predicted molar refractivity (Wildman–Crippen MR) is 128 cm³/mol. The fourth-order valence-corrected chi connectivity index (χ4v) is 4.16. The zero-order valence-electron chi connectivity index (χ0n) is 19.7. The number of aryl methyl sites for hydroxylation is 1. The summed E-state index contributed by atoms with van der Waals surface area (Å²) in [5.74, 6) is 0.353. The van der Waals surface area contributed by atoms with Gasteiger partial charge in [-0.25, -0.2) is 4.39 Å². The molecule has 0 saturated carbocycles. The summed E-state index contributed by atoms with van der Waals surface area (Å²) >= 11 is 0. The third-order valence-electron chi connectivity index (χ3n) is 6.26. The van der Waals surface area contributed by atoms with Crippen LogP contribution < -0.4 is 4.90 Å². The van der Waals surface area contributed by atoms with Gasteiger partial charge in [-0.15, -0.1) is 0 Å². The van der Waals surface area contributed by atoms with Crippen LogP contribution in [0.2, 0.25) is 0 Å². The Kier molecular flexibility index (Phi) is 6.79. The van der Waals surface area contributed by atoms with Gasteiger partial charge in [-0.1, -0.05) is 23.4 Å². The lowest BCUT2D eigenvalue weighted by Gasteiger charge is -2.33. The van der Waals surface area contributed by atoms with Gasteiger partial charge in [0.05, 0.1) is 12.1 Å². The first kappa shape index (κ1) is 23.0. The number of hydrogen-bond donors (Lipinski definition) is 0. The van der Waals surface area contributed by atoms with Crippen molar-refractivity contribution in [1.29, 1.82) is 0 Å². The third-order valence-corrected chi connectivity index (χ3v) is 6.26. The highest BCUT2D eigenvalue weighted by atomic mass is 19.1. The minimum Gasteiger partial charge on any atom is -0.338 e. The van der Waals surface area contributed by atoms with E-state index in [1.54, 1.807) is 12.1 Å². The van der Waals surface area contributed by atoms with Crippen molar-refractivity contribution < 1.29 is 13.7 Å². The van der Waals surface area contributed by atoms with E-state index in [1.165, 1.54) is 12.1 Å². The Bertz CT molecular complexity index is 1100. The van der Waals surface area contributed by atoms with Crippen molar-refractivity contribution >= 4 is 11.8 Å². The fourth-order valence-electron chi connectivity index (χ4n) is 4.16. The van der Waals surface area contributed by atoms with E-state index >= 15 is 0 Å². The molecule has 0 N–H and O–H groups in total. The molecule has 2 aromatic carbocycles. The van der Waals surface area contributed by atoms with Crippen LogP contribution in [0.25, 0.3) is 11.3 Å². The molecule has 3 aromatic rings. The number of benzene rings is 2. The lowest BCUT2D eigenvalue weighted by molar-refractivity contribution is 0.0690. The minimum atomic E-state index is -0.304. The predicted octanol–water partition coefficient (Wildman–Crippen LogP) is 4.59. The number of aromatic nitrogens is 1. The number of rotatable bonds is 6. The van der Waals surface area contributed by atoms with E-state index < -0.39 is 0 Å². The van der Waals surface area contributed by atoms with Crippen LogP contribution in [0.1, 0.15) is 35.3 Å². The maximum Gasteiger partial charge on any atom is 0.254 e. The molecule has 2 heterocycles. The molecule has 0 spiro atoms. The van der Waals surface area contributed by atoms with Crippen molar-refractivity contribution in [3.63, 3.8) is 0 Å². The zero-order valence-corrected chi connectivity index (χ0v) is 19.7. The molecule has 0 atom stereocenters. The molecule has 1 aliphatic heterocycles. The number of hydrogen-bond acceptors (Lipinski definition) is 5. The van der Waals surface area contributed by atoms with E-state index in [0.29, 0.717) is 23.7 Å². The van der Waals surface area contributed by atoms with Crippen LogP contribution in [0.15, 0.2) is 53.1 Å². The van der Waals surface area contributed by atoms with Crippen molar-refractivity contribution in [2.45, 2.75) is 33.4 Å². The molecule has 7 heteroatoms. The van der Waals surface area contributed by atoms with Gasteiger partial charge in [0.2, 0.25) is 5.88 Å². The molecule has 1 amide bonds. The first-order valence-electron chi connectivity index (χ1n) is 11.4. The maximum absolute atomic E-state index is 13.6. The van der Waals surface area contributed by atoms with Gasteiger partial charge in [0.1, 0.15) is 11.5 Å². The Hall–Kier alpha value is -3.19. The average Bonchev–Trinajstić information content (AvgIpc) is 3.21. The van der Waals surface area contributed by atoms with E-state index in [4.69, 9.17) is 4.52 Å². The molecule has 0 bridgehead atoms. The molecule has 4 rings (SSSR count). The molecule has 33 heavy (non-hydrogen) atoms. The lowest BCUT2D eigenvalue weighted by Crippen LogP contribution is -2.45. The number of carbonyl (C=O) groups excluding carboxylic acids is 1. The number of piperazine rings is 1. The number of halogens is 1. The topological polar surface area (TPSA) is 52.8 Å². The van der Waals surface area contributed by atoms with Gasteiger partial charge in [0.15, 0.2) is 0 Å². The molecule has 1 aromatic heterocycles.